The molecular weight excluding hydrogens is 242 g/mol. The number of rotatable bonds is 2. The summed E-state index contributed by atoms with van der Waals surface area (Å²) in [6, 6.07) is 0. The first kappa shape index (κ1) is 14.3. The molecule has 0 aromatic heterocycles. The van der Waals surface area contributed by atoms with E-state index in [4.69, 9.17) is 5.73 Å². The van der Waals surface area contributed by atoms with Crippen molar-refractivity contribution in [3.05, 3.63) is 0 Å². The van der Waals surface area contributed by atoms with Crippen molar-refractivity contribution >= 4 is 11.8 Å². The van der Waals surface area contributed by atoms with Gasteiger partial charge in [-0.2, -0.15) is 0 Å². The quantitative estimate of drug-likeness (QED) is 0.770. The fourth-order valence-corrected chi connectivity index (χ4v) is 3.26. The van der Waals surface area contributed by atoms with E-state index in [9.17, 15) is 9.59 Å². The summed E-state index contributed by atoms with van der Waals surface area (Å²) in [5.41, 5.74) is 5.64. The summed E-state index contributed by atoms with van der Waals surface area (Å²) in [6.45, 7) is 1.33. The number of carbonyl (C=O) groups is 2. The van der Waals surface area contributed by atoms with Gasteiger partial charge in [-0.05, 0) is 25.7 Å². The van der Waals surface area contributed by atoms with Crippen LogP contribution in [0.5, 0.6) is 0 Å². The van der Waals surface area contributed by atoms with Crippen molar-refractivity contribution < 1.29 is 9.59 Å². The third-order valence-electron chi connectivity index (χ3n) is 4.57. The molecule has 108 valence electrons. The Morgan fingerprint density at radius 2 is 1.74 bits per heavy atom. The standard InChI is InChI=1S/C14H25N3O2/c1-16-12(18)11-5-9-17(10-6-11)13(19)14(15)7-3-2-4-8-14/h11H,2-10,15H2,1H3,(H,16,18). The van der Waals surface area contributed by atoms with Crippen molar-refractivity contribution in [1.29, 1.82) is 0 Å². The number of likely N-dealkylation sites (tertiary alicyclic amines) is 1. The lowest BCUT2D eigenvalue weighted by Crippen LogP contribution is -2.58. The Bertz CT molecular complexity index is 343. The van der Waals surface area contributed by atoms with E-state index in [1.54, 1.807) is 7.05 Å². The molecule has 1 aliphatic carbocycles. The highest BCUT2D eigenvalue weighted by molar-refractivity contribution is 5.86. The predicted octanol–water partition coefficient (Wildman–Crippen LogP) is 0.633. The lowest BCUT2D eigenvalue weighted by atomic mass is 9.81. The van der Waals surface area contributed by atoms with Crippen molar-refractivity contribution in [2.45, 2.75) is 50.5 Å². The Labute approximate surface area is 114 Å². The van der Waals surface area contributed by atoms with Crippen LogP contribution >= 0.6 is 0 Å². The molecule has 0 unspecified atom stereocenters. The molecule has 0 bridgehead atoms. The molecule has 19 heavy (non-hydrogen) atoms. The first-order valence-corrected chi connectivity index (χ1v) is 7.37. The molecule has 0 atom stereocenters. The van der Waals surface area contributed by atoms with Crippen LogP contribution in [-0.4, -0.2) is 42.4 Å². The second-order valence-electron chi connectivity index (χ2n) is 5.90. The average Bonchev–Trinajstić information content (AvgIpc) is 2.46. The van der Waals surface area contributed by atoms with Gasteiger partial charge in [0.05, 0.1) is 5.54 Å². The van der Waals surface area contributed by atoms with E-state index >= 15 is 0 Å². The third kappa shape index (κ3) is 3.08. The van der Waals surface area contributed by atoms with Gasteiger partial charge >= 0.3 is 0 Å². The number of carbonyl (C=O) groups excluding carboxylic acids is 2. The summed E-state index contributed by atoms with van der Waals surface area (Å²) >= 11 is 0. The molecule has 1 saturated carbocycles. The van der Waals surface area contributed by atoms with Gasteiger partial charge in [-0.3, -0.25) is 9.59 Å². The second kappa shape index (κ2) is 5.90. The van der Waals surface area contributed by atoms with Crippen molar-refractivity contribution in [1.82, 2.24) is 10.2 Å². The zero-order valence-electron chi connectivity index (χ0n) is 11.8. The number of hydrogen-bond acceptors (Lipinski definition) is 3. The Morgan fingerprint density at radius 3 is 2.26 bits per heavy atom. The molecule has 1 aliphatic heterocycles. The topological polar surface area (TPSA) is 75.4 Å². The van der Waals surface area contributed by atoms with E-state index in [1.165, 1.54) is 6.42 Å². The monoisotopic (exact) mass is 267 g/mol. The van der Waals surface area contributed by atoms with Gasteiger partial charge in [-0.1, -0.05) is 19.3 Å². The SMILES string of the molecule is CNC(=O)C1CCN(C(=O)C2(N)CCCCC2)CC1. The van der Waals surface area contributed by atoms with Crippen LogP contribution in [0.15, 0.2) is 0 Å². The summed E-state index contributed by atoms with van der Waals surface area (Å²) in [7, 11) is 1.66. The maximum atomic E-state index is 12.5. The molecule has 2 rings (SSSR count). The van der Waals surface area contributed by atoms with Gasteiger partial charge in [-0.25, -0.2) is 0 Å². The highest BCUT2D eigenvalue weighted by atomic mass is 16.2. The van der Waals surface area contributed by atoms with Crippen molar-refractivity contribution in [2.75, 3.05) is 20.1 Å². The van der Waals surface area contributed by atoms with Crippen LogP contribution in [0.1, 0.15) is 44.9 Å². The number of nitrogens with two attached hydrogens (primary N) is 1. The highest BCUT2D eigenvalue weighted by Gasteiger charge is 2.39. The summed E-state index contributed by atoms with van der Waals surface area (Å²) in [5.74, 6) is 0.240. The molecule has 0 aromatic carbocycles. The average molecular weight is 267 g/mol. The number of hydrogen-bond donors (Lipinski definition) is 2. The minimum atomic E-state index is -0.641. The molecule has 1 saturated heterocycles. The Balaban J connectivity index is 1.90. The van der Waals surface area contributed by atoms with Gasteiger partial charge in [0.25, 0.3) is 0 Å². The van der Waals surface area contributed by atoms with Gasteiger partial charge in [-0.15, -0.1) is 0 Å². The third-order valence-corrected chi connectivity index (χ3v) is 4.57. The maximum absolute atomic E-state index is 12.5. The van der Waals surface area contributed by atoms with E-state index in [2.05, 4.69) is 5.32 Å². The molecular formula is C14H25N3O2. The minimum absolute atomic E-state index is 0.0501. The van der Waals surface area contributed by atoms with Gasteiger partial charge in [0.1, 0.15) is 0 Å². The van der Waals surface area contributed by atoms with Crippen LogP contribution in [0.3, 0.4) is 0 Å². The van der Waals surface area contributed by atoms with Gasteiger partial charge in [0.15, 0.2) is 0 Å². The number of amides is 2. The summed E-state index contributed by atoms with van der Waals surface area (Å²) in [6.07, 6.45) is 6.41. The molecule has 3 N–H and O–H groups in total. The number of nitrogens with one attached hydrogen (secondary N) is 1. The van der Waals surface area contributed by atoms with E-state index in [-0.39, 0.29) is 17.7 Å². The van der Waals surface area contributed by atoms with E-state index in [0.717, 1.165) is 38.5 Å². The van der Waals surface area contributed by atoms with Crippen molar-refractivity contribution in [3.63, 3.8) is 0 Å². The normalized spacial score (nSPS) is 24.0. The summed E-state index contributed by atoms with van der Waals surface area (Å²) in [4.78, 5) is 26.0. The van der Waals surface area contributed by atoms with Gasteiger partial charge < -0.3 is 16.0 Å². The molecule has 0 spiro atoms. The number of piperidine rings is 1. The van der Waals surface area contributed by atoms with Crippen LogP contribution in [0.25, 0.3) is 0 Å². The van der Waals surface area contributed by atoms with Crippen LogP contribution in [0.2, 0.25) is 0 Å². The first-order valence-electron chi connectivity index (χ1n) is 7.37. The summed E-state index contributed by atoms with van der Waals surface area (Å²) < 4.78 is 0. The molecule has 2 amide bonds. The Hall–Kier alpha value is -1.10. The van der Waals surface area contributed by atoms with Crippen LogP contribution in [-0.2, 0) is 9.59 Å². The molecule has 0 aromatic rings. The molecule has 5 nitrogen and oxygen atoms in total. The fourth-order valence-electron chi connectivity index (χ4n) is 3.26. The lowest BCUT2D eigenvalue weighted by Gasteiger charge is -2.39. The predicted molar refractivity (Wildman–Crippen MR) is 73.4 cm³/mol. The van der Waals surface area contributed by atoms with Crippen LogP contribution in [0, 0.1) is 5.92 Å². The summed E-state index contributed by atoms with van der Waals surface area (Å²) in [5, 5.41) is 2.68. The zero-order valence-corrected chi connectivity index (χ0v) is 11.8. The molecule has 2 aliphatic rings. The molecule has 5 heteroatoms. The second-order valence-corrected chi connectivity index (χ2v) is 5.90. The fraction of sp³-hybridized carbons (Fsp3) is 0.857. The van der Waals surface area contributed by atoms with Gasteiger partial charge in [0, 0.05) is 26.1 Å². The van der Waals surface area contributed by atoms with Crippen molar-refractivity contribution in [2.24, 2.45) is 11.7 Å². The Kier molecular flexibility index (Phi) is 4.45. The van der Waals surface area contributed by atoms with Crippen molar-refractivity contribution in [3.8, 4) is 0 Å². The smallest absolute Gasteiger partial charge is 0.242 e. The lowest BCUT2D eigenvalue weighted by molar-refractivity contribution is -0.141. The molecule has 2 fully saturated rings. The largest absolute Gasteiger partial charge is 0.359 e. The first-order chi connectivity index (χ1) is 9.07. The zero-order chi connectivity index (χ0) is 13.9. The van der Waals surface area contributed by atoms with Gasteiger partial charge in [0.2, 0.25) is 11.8 Å². The van der Waals surface area contributed by atoms with Crippen LogP contribution in [0.4, 0.5) is 0 Å². The highest BCUT2D eigenvalue weighted by Crippen LogP contribution is 2.29. The maximum Gasteiger partial charge on any atom is 0.242 e. The van der Waals surface area contributed by atoms with E-state index in [1.807, 2.05) is 4.90 Å². The van der Waals surface area contributed by atoms with E-state index in [0.29, 0.717) is 13.1 Å². The van der Waals surface area contributed by atoms with E-state index < -0.39 is 5.54 Å². The molecule has 1 heterocycles. The minimum Gasteiger partial charge on any atom is -0.359 e. The number of nitrogens with zero attached hydrogens (tertiary/aromatic N) is 1. The Morgan fingerprint density at radius 1 is 1.16 bits per heavy atom. The van der Waals surface area contributed by atoms with Crippen LogP contribution < -0.4 is 11.1 Å². The molecule has 0 radical (unpaired) electrons.